The third-order valence-corrected chi connectivity index (χ3v) is 9.30. The number of carbonyl (C=O) groups excluding carboxylic acids is 2. The van der Waals surface area contributed by atoms with Gasteiger partial charge in [0.1, 0.15) is 18.1 Å². The van der Waals surface area contributed by atoms with Crippen molar-refractivity contribution in [1.29, 1.82) is 5.26 Å². The van der Waals surface area contributed by atoms with Gasteiger partial charge < -0.3 is 29.4 Å². The Bertz CT molecular complexity index is 1360. The molecule has 0 saturated carbocycles. The van der Waals surface area contributed by atoms with E-state index >= 15 is 0 Å². The summed E-state index contributed by atoms with van der Waals surface area (Å²) >= 11 is 0. The number of carbonyl (C=O) groups is 2. The van der Waals surface area contributed by atoms with Gasteiger partial charge in [-0.05, 0) is 70.4 Å². The van der Waals surface area contributed by atoms with Crippen molar-refractivity contribution in [3.05, 3.63) is 36.1 Å². The molecule has 3 heterocycles. The van der Waals surface area contributed by atoms with E-state index in [0.29, 0.717) is 37.8 Å². The second-order valence-corrected chi connectivity index (χ2v) is 13.3. The first-order chi connectivity index (χ1) is 20.7. The number of benzene rings is 1. The van der Waals surface area contributed by atoms with E-state index in [-0.39, 0.29) is 38.4 Å². The van der Waals surface area contributed by atoms with Gasteiger partial charge in [0.25, 0.3) is 5.92 Å². The number of fused-ring (bicyclic) bond motifs is 1. The summed E-state index contributed by atoms with van der Waals surface area (Å²) in [6.07, 6.45) is 2.78. The minimum Gasteiger partial charge on any atom is -0.464 e. The number of hydrogen-bond acceptors (Lipinski definition) is 8. The summed E-state index contributed by atoms with van der Waals surface area (Å²) in [5.74, 6) is -5.50. The molecule has 0 spiro atoms. The lowest BCUT2D eigenvalue weighted by atomic mass is 9.76. The average molecular weight is 617 g/mol. The van der Waals surface area contributed by atoms with Crippen molar-refractivity contribution in [3.8, 4) is 6.07 Å². The van der Waals surface area contributed by atoms with Gasteiger partial charge in [0, 0.05) is 30.4 Å². The monoisotopic (exact) mass is 616 g/mol. The van der Waals surface area contributed by atoms with Crippen LogP contribution in [0.25, 0.3) is 11.0 Å². The number of rotatable bonds is 12. The number of alkyl carbamates (subject to hydrolysis) is 1. The summed E-state index contributed by atoms with van der Waals surface area (Å²) in [6.45, 7) is 7.49. The number of likely N-dealkylation sites (tertiary alicyclic amines) is 2. The summed E-state index contributed by atoms with van der Waals surface area (Å²) in [7, 11) is -1.82. The second kappa shape index (κ2) is 13.4. The number of aryl methyl sites for hydroxylation is 1. The first-order valence-electron chi connectivity index (χ1n) is 15.2. The number of para-hydroxylation sites is 1. The smallest absolute Gasteiger partial charge is 0.464 e. The van der Waals surface area contributed by atoms with Crippen LogP contribution < -0.4 is 5.32 Å². The first kappa shape index (κ1) is 33.7. The Morgan fingerprint density at radius 1 is 1.25 bits per heavy atom. The number of halogens is 2. The van der Waals surface area contributed by atoms with Gasteiger partial charge in [0.15, 0.2) is 0 Å². The van der Waals surface area contributed by atoms with E-state index in [1.54, 1.807) is 29.9 Å². The molecule has 0 radical (unpaired) electrons. The fourth-order valence-electron chi connectivity index (χ4n) is 6.68. The van der Waals surface area contributed by atoms with Crippen LogP contribution in [0.2, 0.25) is 0 Å². The van der Waals surface area contributed by atoms with Crippen LogP contribution in [0.3, 0.4) is 0 Å². The average Bonchev–Trinajstić information content (AvgIpc) is 3.66. The number of ether oxygens (including phenoxy) is 1. The summed E-state index contributed by atoms with van der Waals surface area (Å²) in [5, 5.41) is 33.2. The Morgan fingerprint density at radius 2 is 1.98 bits per heavy atom. The molecule has 2 fully saturated rings. The number of nitrogens with zero attached hydrogens (tertiary/aromatic N) is 3. The van der Waals surface area contributed by atoms with E-state index < -0.39 is 48.0 Å². The molecule has 0 bridgehead atoms. The first-order valence-corrected chi connectivity index (χ1v) is 15.2. The maximum Gasteiger partial charge on any atom is 0.475 e. The molecular formula is C31H43BF2N4O6. The maximum atomic E-state index is 13.9. The van der Waals surface area contributed by atoms with Crippen LogP contribution in [-0.2, 0) is 16.0 Å². The standard InChI is InChI=1S/C31H43BF2N4O6/c1-21(16-29(2,3)37-15-13-31(33,34)19-37)24(17-35)27(39)38-14-7-12-30(38,4)20-44-28(40)36-26(32(41)42)11-10-22-18-43-25-9-6-5-8-23(22)25/h5-6,8-9,18,21,24,26,41-42H,7,10-16,19-20H2,1-4H3,(H,36,40)/t21?,24?,26-,30+/m0/s1. The van der Waals surface area contributed by atoms with Gasteiger partial charge >= 0.3 is 13.2 Å². The highest BCUT2D eigenvalue weighted by atomic mass is 19.3. The Hall–Kier alpha value is -3.21. The molecule has 2 aliphatic heterocycles. The van der Waals surface area contributed by atoms with Crippen molar-refractivity contribution in [3.63, 3.8) is 0 Å². The molecule has 2 saturated heterocycles. The van der Waals surface area contributed by atoms with Crippen molar-refractivity contribution in [1.82, 2.24) is 15.1 Å². The molecule has 4 rings (SSSR count). The summed E-state index contributed by atoms with van der Waals surface area (Å²) in [4.78, 5) is 29.7. The molecule has 10 nitrogen and oxygen atoms in total. The molecule has 13 heteroatoms. The number of amides is 2. The highest BCUT2D eigenvalue weighted by Crippen LogP contribution is 2.38. The molecular weight excluding hydrogens is 573 g/mol. The molecule has 2 aromatic rings. The molecule has 4 atom stereocenters. The maximum absolute atomic E-state index is 13.9. The van der Waals surface area contributed by atoms with Crippen LogP contribution >= 0.6 is 0 Å². The van der Waals surface area contributed by atoms with E-state index in [1.807, 2.05) is 38.1 Å². The van der Waals surface area contributed by atoms with Crippen molar-refractivity contribution in [2.24, 2.45) is 11.8 Å². The minimum atomic E-state index is -2.74. The van der Waals surface area contributed by atoms with E-state index in [1.165, 1.54) is 0 Å². The molecule has 0 aliphatic carbocycles. The van der Waals surface area contributed by atoms with E-state index in [0.717, 1.165) is 10.9 Å². The zero-order chi connectivity index (χ0) is 32.3. The summed E-state index contributed by atoms with van der Waals surface area (Å²) in [5.41, 5.74) is 0.103. The fourth-order valence-corrected chi connectivity index (χ4v) is 6.68. The van der Waals surface area contributed by atoms with Gasteiger partial charge in [-0.1, -0.05) is 25.1 Å². The molecule has 44 heavy (non-hydrogen) atoms. The third-order valence-electron chi connectivity index (χ3n) is 9.30. The number of nitrogens with one attached hydrogen (secondary N) is 1. The Kier molecular flexibility index (Phi) is 10.3. The highest BCUT2D eigenvalue weighted by Gasteiger charge is 2.47. The van der Waals surface area contributed by atoms with Gasteiger partial charge in [-0.25, -0.2) is 13.6 Å². The number of alkyl halides is 2. The van der Waals surface area contributed by atoms with Crippen LogP contribution in [-0.4, -0.2) is 88.1 Å². The Morgan fingerprint density at radius 3 is 2.64 bits per heavy atom. The minimum absolute atomic E-state index is 0.147. The van der Waals surface area contributed by atoms with Crippen LogP contribution in [0.15, 0.2) is 34.9 Å². The summed E-state index contributed by atoms with van der Waals surface area (Å²) < 4.78 is 38.8. The topological polar surface area (TPSA) is 139 Å². The number of nitriles is 1. The predicted octanol–water partition coefficient (Wildman–Crippen LogP) is 4.14. The predicted molar refractivity (Wildman–Crippen MR) is 160 cm³/mol. The van der Waals surface area contributed by atoms with Crippen LogP contribution in [0.4, 0.5) is 13.6 Å². The van der Waals surface area contributed by atoms with Gasteiger partial charge in [-0.15, -0.1) is 0 Å². The Balaban J connectivity index is 1.33. The molecule has 240 valence electrons. The largest absolute Gasteiger partial charge is 0.475 e. The lowest BCUT2D eigenvalue weighted by Crippen LogP contribution is -2.53. The number of furan rings is 1. The normalized spacial score (nSPS) is 22.4. The molecule has 2 aliphatic rings. The Labute approximate surface area is 257 Å². The van der Waals surface area contributed by atoms with Gasteiger partial charge in [0.2, 0.25) is 5.91 Å². The van der Waals surface area contributed by atoms with E-state index in [4.69, 9.17) is 9.15 Å². The SMILES string of the molecule is CC(CC(C)(C)N1CCC(F)(F)C1)C(C#N)C(=O)N1CCC[C@]1(C)COC(=O)N[C@@H](CCc1coc2ccccc12)B(O)O. The van der Waals surface area contributed by atoms with Gasteiger partial charge in [0.05, 0.1) is 30.4 Å². The fraction of sp³-hybridized carbons (Fsp3) is 0.645. The van der Waals surface area contributed by atoms with Crippen molar-refractivity contribution < 1.29 is 37.6 Å². The van der Waals surface area contributed by atoms with Crippen LogP contribution in [0.5, 0.6) is 0 Å². The lowest BCUT2D eigenvalue weighted by Gasteiger charge is -2.40. The van der Waals surface area contributed by atoms with Crippen LogP contribution in [0.1, 0.15) is 65.4 Å². The van der Waals surface area contributed by atoms with Crippen molar-refractivity contribution in [2.75, 3.05) is 26.2 Å². The quantitative estimate of drug-likeness (QED) is 0.303. The lowest BCUT2D eigenvalue weighted by molar-refractivity contribution is -0.140. The van der Waals surface area contributed by atoms with Gasteiger partial charge in [-0.2, -0.15) is 5.26 Å². The van der Waals surface area contributed by atoms with Crippen LogP contribution in [0, 0.1) is 23.2 Å². The highest BCUT2D eigenvalue weighted by molar-refractivity contribution is 6.43. The van der Waals surface area contributed by atoms with E-state index in [2.05, 4.69) is 11.4 Å². The molecule has 2 amide bonds. The molecule has 1 aromatic carbocycles. The third kappa shape index (κ3) is 7.71. The van der Waals surface area contributed by atoms with E-state index in [9.17, 15) is 33.7 Å². The molecule has 1 aromatic heterocycles. The molecule has 2 unspecified atom stereocenters. The zero-order valence-corrected chi connectivity index (χ0v) is 25.9. The summed E-state index contributed by atoms with van der Waals surface area (Å²) in [6, 6.07) is 9.62. The van der Waals surface area contributed by atoms with Gasteiger partial charge in [-0.3, -0.25) is 9.69 Å². The van der Waals surface area contributed by atoms with Crippen molar-refractivity contribution >= 4 is 30.1 Å². The molecule has 3 N–H and O–H groups in total. The zero-order valence-electron chi connectivity index (χ0n) is 25.9. The van der Waals surface area contributed by atoms with Crippen molar-refractivity contribution in [2.45, 2.75) is 89.2 Å². The second-order valence-electron chi connectivity index (χ2n) is 13.3. The number of hydrogen-bond donors (Lipinski definition) is 3.